The summed E-state index contributed by atoms with van der Waals surface area (Å²) in [5.41, 5.74) is -3.76. The first-order valence-electron chi connectivity index (χ1n) is 14.4. The summed E-state index contributed by atoms with van der Waals surface area (Å²) in [7, 11) is 0. The number of ether oxygens (including phenoxy) is 1. The van der Waals surface area contributed by atoms with Gasteiger partial charge in [0.25, 0.3) is 0 Å². The Labute approximate surface area is 256 Å². The number of nitrogens with one attached hydrogen (secondary N) is 1. The van der Waals surface area contributed by atoms with E-state index in [0.29, 0.717) is 54.7 Å². The highest BCUT2D eigenvalue weighted by atomic mass is 32.2. The average Bonchev–Trinajstić information content (AvgIpc) is 2.95. The number of nitrogens with zero attached hydrogens (tertiary/aromatic N) is 2. The molecule has 2 aliphatic rings. The van der Waals surface area contributed by atoms with Crippen molar-refractivity contribution in [1.82, 2.24) is 9.80 Å². The number of carbonyl (C=O) groups excluding carboxylic acids is 2. The Morgan fingerprint density at radius 1 is 0.955 bits per heavy atom. The normalized spacial score (nSPS) is 17.0. The number of carbonyl (C=O) groups is 2. The van der Waals surface area contributed by atoms with E-state index in [1.807, 2.05) is 18.7 Å². The summed E-state index contributed by atoms with van der Waals surface area (Å²) in [6.45, 7) is 6.17. The number of hydrogen-bond acceptors (Lipinski definition) is 5. The molecule has 1 N–H and O–H groups in total. The van der Waals surface area contributed by atoms with Crippen LogP contribution in [0.4, 0.5) is 32.0 Å². The third kappa shape index (κ3) is 8.93. The number of likely N-dealkylation sites (tertiary alicyclic amines) is 1. The summed E-state index contributed by atoms with van der Waals surface area (Å²) in [5, 5.41) is 3.34. The van der Waals surface area contributed by atoms with Crippen molar-refractivity contribution in [2.45, 2.75) is 61.3 Å². The van der Waals surface area contributed by atoms with E-state index in [-0.39, 0.29) is 44.2 Å². The fourth-order valence-corrected chi connectivity index (χ4v) is 6.27. The first-order chi connectivity index (χ1) is 20.7. The molecule has 2 fully saturated rings. The maximum Gasteiger partial charge on any atom is 0.418 e. The molecule has 2 saturated heterocycles. The summed E-state index contributed by atoms with van der Waals surface area (Å²) in [4.78, 5) is 27.7. The second kappa shape index (κ2) is 14.3. The molecule has 2 aromatic carbocycles. The standard InChI is InChI=1S/C31H35F6N3O3S/c1-20(2)18-27(42)39-12-10-22(11-13-39)38-23-4-3-5-24(19-23)44-25-8-6-21(7-9-26(41)40-14-16-43-17-15-40)28(30(32,33)34)29(25)31(35,36)37/h3-9,19-20,22,38H,10-18H2,1-2H3/b9-7+. The molecule has 0 atom stereocenters. The molecule has 44 heavy (non-hydrogen) atoms. The lowest BCUT2D eigenvalue weighted by molar-refractivity contribution is -0.163. The van der Waals surface area contributed by atoms with Crippen molar-refractivity contribution in [2.75, 3.05) is 44.7 Å². The second-order valence-corrected chi connectivity index (χ2v) is 12.3. The zero-order chi connectivity index (χ0) is 32.1. The van der Waals surface area contributed by atoms with Crippen molar-refractivity contribution >= 4 is 35.3 Å². The predicted octanol–water partition coefficient (Wildman–Crippen LogP) is 7.20. The van der Waals surface area contributed by atoms with Gasteiger partial charge in [0.15, 0.2) is 0 Å². The highest BCUT2D eigenvalue weighted by Gasteiger charge is 2.46. The lowest BCUT2D eigenvalue weighted by atomic mass is 9.99. The van der Waals surface area contributed by atoms with Crippen LogP contribution in [0.3, 0.4) is 0 Å². The van der Waals surface area contributed by atoms with Crippen molar-refractivity contribution < 1.29 is 40.7 Å². The minimum absolute atomic E-state index is 0.0344. The van der Waals surface area contributed by atoms with E-state index in [9.17, 15) is 35.9 Å². The van der Waals surface area contributed by atoms with Gasteiger partial charge in [0, 0.05) is 60.2 Å². The van der Waals surface area contributed by atoms with Gasteiger partial charge in [-0.05, 0) is 54.7 Å². The topological polar surface area (TPSA) is 61.9 Å². The van der Waals surface area contributed by atoms with Crippen LogP contribution in [0.5, 0.6) is 0 Å². The van der Waals surface area contributed by atoms with Crippen LogP contribution >= 0.6 is 11.8 Å². The molecule has 0 radical (unpaired) electrons. The van der Waals surface area contributed by atoms with E-state index >= 15 is 0 Å². The van der Waals surface area contributed by atoms with Crippen molar-refractivity contribution in [1.29, 1.82) is 0 Å². The lowest BCUT2D eigenvalue weighted by Gasteiger charge is -2.33. The number of rotatable bonds is 8. The fourth-order valence-electron chi connectivity index (χ4n) is 5.22. The van der Waals surface area contributed by atoms with E-state index in [1.54, 1.807) is 18.2 Å². The minimum atomic E-state index is -5.34. The number of benzene rings is 2. The summed E-state index contributed by atoms with van der Waals surface area (Å²) in [5.74, 6) is -0.229. The van der Waals surface area contributed by atoms with Crippen molar-refractivity contribution in [2.24, 2.45) is 5.92 Å². The van der Waals surface area contributed by atoms with Crippen LogP contribution < -0.4 is 5.32 Å². The van der Waals surface area contributed by atoms with Crippen molar-refractivity contribution in [3.63, 3.8) is 0 Å². The van der Waals surface area contributed by atoms with Gasteiger partial charge in [0.05, 0.1) is 24.3 Å². The first-order valence-corrected chi connectivity index (χ1v) is 15.2. The Balaban J connectivity index is 1.54. The van der Waals surface area contributed by atoms with E-state index in [2.05, 4.69) is 5.32 Å². The highest BCUT2D eigenvalue weighted by molar-refractivity contribution is 7.99. The smallest absolute Gasteiger partial charge is 0.382 e. The molecule has 2 amide bonds. The Kier molecular flexibility index (Phi) is 10.9. The molecule has 0 aliphatic carbocycles. The number of piperidine rings is 1. The first kappa shape index (κ1) is 33.7. The number of morpholine rings is 1. The molecular weight excluding hydrogens is 608 g/mol. The van der Waals surface area contributed by atoms with E-state index in [1.165, 1.54) is 11.0 Å². The van der Waals surface area contributed by atoms with Gasteiger partial charge in [-0.25, -0.2) is 0 Å². The maximum atomic E-state index is 14.3. The molecule has 6 nitrogen and oxygen atoms in total. The van der Waals surface area contributed by atoms with E-state index in [0.717, 1.165) is 24.3 Å². The third-order valence-electron chi connectivity index (χ3n) is 7.36. The summed E-state index contributed by atoms with van der Waals surface area (Å²) in [6.07, 6.45) is -7.13. The van der Waals surface area contributed by atoms with E-state index < -0.39 is 39.8 Å². The molecule has 0 spiro atoms. The molecule has 2 aromatic rings. The van der Waals surface area contributed by atoms with Crippen molar-refractivity contribution in [3.05, 3.63) is 59.2 Å². The lowest BCUT2D eigenvalue weighted by Crippen LogP contribution is -2.42. The number of hydrogen-bond donors (Lipinski definition) is 1. The highest BCUT2D eigenvalue weighted by Crippen LogP contribution is 2.48. The summed E-state index contributed by atoms with van der Waals surface area (Å²) in [6, 6.07) is 8.50. The van der Waals surface area contributed by atoms with Crippen LogP contribution in [0.15, 0.2) is 52.3 Å². The molecule has 2 aliphatic heterocycles. The monoisotopic (exact) mass is 643 g/mol. The number of amides is 2. The molecule has 0 saturated carbocycles. The Hall–Kier alpha value is -3.19. The Morgan fingerprint density at radius 3 is 2.23 bits per heavy atom. The van der Waals surface area contributed by atoms with Crippen molar-refractivity contribution in [3.8, 4) is 0 Å². The Bertz CT molecular complexity index is 1350. The number of alkyl halides is 6. The zero-order valence-electron chi connectivity index (χ0n) is 24.4. The Morgan fingerprint density at radius 2 is 1.61 bits per heavy atom. The van der Waals surface area contributed by atoms with Crippen LogP contribution in [-0.4, -0.2) is 67.0 Å². The van der Waals surface area contributed by atoms with Gasteiger partial charge in [0.1, 0.15) is 0 Å². The second-order valence-electron chi connectivity index (χ2n) is 11.2. The molecule has 240 valence electrons. The molecule has 2 heterocycles. The largest absolute Gasteiger partial charge is 0.418 e. The van der Waals surface area contributed by atoms with Crippen LogP contribution in [0.2, 0.25) is 0 Å². The number of halogens is 6. The van der Waals surface area contributed by atoms with Gasteiger partial charge in [-0.1, -0.05) is 37.7 Å². The third-order valence-corrected chi connectivity index (χ3v) is 8.41. The van der Waals surface area contributed by atoms with E-state index in [4.69, 9.17) is 4.74 Å². The van der Waals surface area contributed by atoms with Gasteiger partial charge in [-0.15, -0.1) is 0 Å². The van der Waals surface area contributed by atoms with Crippen LogP contribution in [-0.2, 0) is 26.7 Å². The van der Waals surface area contributed by atoms with Crippen LogP contribution in [0.1, 0.15) is 49.8 Å². The maximum absolute atomic E-state index is 14.3. The van der Waals surface area contributed by atoms with Crippen LogP contribution in [0.25, 0.3) is 6.08 Å². The molecule has 0 bridgehead atoms. The van der Waals surface area contributed by atoms with Gasteiger partial charge < -0.3 is 19.9 Å². The fraction of sp³-hybridized carbons (Fsp3) is 0.484. The van der Waals surface area contributed by atoms with Gasteiger partial charge in [-0.3, -0.25) is 9.59 Å². The number of anilines is 1. The molecule has 0 aromatic heterocycles. The quantitative estimate of drug-likeness (QED) is 0.244. The molecule has 13 heteroatoms. The van der Waals surface area contributed by atoms with Gasteiger partial charge in [0.2, 0.25) is 11.8 Å². The summed E-state index contributed by atoms with van der Waals surface area (Å²) >= 11 is 0.587. The van der Waals surface area contributed by atoms with Crippen LogP contribution in [0, 0.1) is 5.92 Å². The zero-order valence-corrected chi connectivity index (χ0v) is 25.2. The molecule has 4 rings (SSSR count). The molecular formula is C31H35F6N3O3S. The predicted molar refractivity (Wildman–Crippen MR) is 156 cm³/mol. The van der Waals surface area contributed by atoms with Gasteiger partial charge >= 0.3 is 12.4 Å². The molecule has 0 unspecified atom stereocenters. The minimum Gasteiger partial charge on any atom is -0.382 e. The average molecular weight is 644 g/mol. The van der Waals surface area contributed by atoms with Gasteiger partial charge in [-0.2, -0.15) is 26.3 Å². The summed E-state index contributed by atoms with van der Waals surface area (Å²) < 4.78 is 90.7. The SMILES string of the molecule is CC(C)CC(=O)N1CCC(Nc2cccc(Sc3ccc(/C=C/C(=O)N4CCOCC4)c(C(F)(F)F)c3C(F)(F)F)c2)CC1.